The first-order chi connectivity index (χ1) is 11.0. The number of rotatable bonds is 2. The zero-order valence-corrected chi connectivity index (χ0v) is 13.9. The molecule has 0 saturated heterocycles. The molecular formula is C20H27NO2. The van der Waals surface area contributed by atoms with Crippen molar-refractivity contribution in [2.24, 2.45) is 28.9 Å². The van der Waals surface area contributed by atoms with Crippen molar-refractivity contribution in [1.82, 2.24) is 0 Å². The number of amides is 1. The fraction of sp³-hybridized carbons (Fsp3) is 0.650. The summed E-state index contributed by atoms with van der Waals surface area (Å²) in [5, 5.41) is 9.75. The van der Waals surface area contributed by atoms with Gasteiger partial charge in [-0.3, -0.25) is 4.79 Å². The lowest BCUT2D eigenvalue weighted by atomic mass is 9.54. The van der Waals surface area contributed by atoms with Gasteiger partial charge in [-0.25, -0.2) is 0 Å². The van der Waals surface area contributed by atoms with Crippen LogP contribution < -0.4 is 5.73 Å². The van der Waals surface area contributed by atoms with E-state index in [1.54, 1.807) is 0 Å². The van der Waals surface area contributed by atoms with Gasteiger partial charge in [-0.1, -0.05) is 13.0 Å². The summed E-state index contributed by atoms with van der Waals surface area (Å²) >= 11 is 0. The topological polar surface area (TPSA) is 63.3 Å². The van der Waals surface area contributed by atoms with Gasteiger partial charge in [-0.15, -0.1) is 0 Å². The Bertz CT molecular complexity index is 641. The summed E-state index contributed by atoms with van der Waals surface area (Å²) in [5.41, 5.74) is 8.62. The van der Waals surface area contributed by atoms with E-state index >= 15 is 0 Å². The molecule has 124 valence electrons. The van der Waals surface area contributed by atoms with Crippen LogP contribution in [0.2, 0.25) is 0 Å². The quantitative estimate of drug-likeness (QED) is 0.873. The van der Waals surface area contributed by atoms with Crippen LogP contribution in [0.25, 0.3) is 0 Å². The number of carbonyl (C=O) groups is 1. The van der Waals surface area contributed by atoms with Gasteiger partial charge in [0.1, 0.15) is 5.75 Å². The minimum atomic E-state index is -0.136. The fourth-order valence-electron chi connectivity index (χ4n) is 6.26. The van der Waals surface area contributed by atoms with Gasteiger partial charge in [0.25, 0.3) is 0 Å². The van der Waals surface area contributed by atoms with E-state index in [2.05, 4.69) is 13.0 Å². The smallest absolute Gasteiger partial charge is 0.217 e. The molecule has 23 heavy (non-hydrogen) atoms. The summed E-state index contributed by atoms with van der Waals surface area (Å²) < 4.78 is 0. The second kappa shape index (κ2) is 5.25. The minimum absolute atomic E-state index is 0.136. The number of primary amides is 1. The molecule has 5 atom stereocenters. The first kappa shape index (κ1) is 15.0. The van der Waals surface area contributed by atoms with Gasteiger partial charge < -0.3 is 10.8 Å². The average molecular weight is 313 g/mol. The van der Waals surface area contributed by atoms with E-state index in [0.717, 1.165) is 24.7 Å². The molecule has 2 saturated carbocycles. The molecular weight excluding hydrogens is 286 g/mol. The summed E-state index contributed by atoms with van der Waals surface area (Å²) in [6, 6.07) is 5.96. The third-order valence-corrected chi connectivity index (χ3v) is 7.35. The molecule has 3 aliphatic rings. The van der Waals surface area contributed by atoms with Gasteiger partial charge in [0.05, 0.1) is 0 Å². The van der Waals surface area contributed by atoms with E-state index in [4.69, 9.17) is 5.73 Å². The lowest BCUT2D eigenvalue weighted by Gasteiger charge is -2.51. The predicted molar refractivity (Wildman–Crippen MR) is 90.0 cm³/mol. The Morgan fingerprint density at radius 2 is 2.13 bits per heavy atom. The van der Waals surface area contributed by atoms with Crippen molar-refractivity contribution in [3.8, 4) is 5.75 Å². The number of hydrogen-bond acceptors (Lipinski definition) is 2. The van der Waals surface area contributed by atoms with Crippen LogP contribution in [0.3, 0.4) is 0 Å². The zero-order valence-electron chi connectivity index (χ0n) is 13.9. The lowest BCUT2D eigenvalue weighted by Crippen LogP contribution is -2.43. The second-order valence-electron chi connectivity index (χ2n) is 8.29. The van der Waals surface area contributed by atoms with E-state index < -0.39 is 0 Å². The van der Waals surface area contributed by atoms with Crippen LogP contribution in [0.1, 0.15) is 62.5 Å². The molecule has 2 fully saturated rings. The van der Waals surface area contributed by atoms with Crippen LogP contribution in [0.15, 0.2) is 18.2 Å². The molecule has 0 aromatic heterocycles. The molecule has 0 spiro atoms. The van der Waals surface area contributed by atoms with E-state index in [1.807, 2.05) is 12.1 Å². The molecule has 4 rings (SSSR count). The molecule has 1 aromatic rings. The SMILES string of the molecule is C[C@]12CC[C@@H]3c4ccc(O)cc4CC[C@H]3[C@@H]1CC[C@@H]2CC(N)=O. The van der Waals surface area contributed by atoms with Crippen LogP contribution >= 0.6 is 0 Å². The highest BCUT2D eigenvalue weighted by Gasteiger charge is 2.54. The summed E-state index contributed by atoms with van der Waals surface area (Å²) in [6.07, 6.45) is 7.71. The fourth-order valence-corrected chi connectivity index (χ4v) is 6.26. The number of aryl methyl sites for hydroxylation is 1. The number of carbonyl (C=O) groups excluding carboxylic acids is 1. The van der Waals surface area contributed by atoms with E-state index in [0.29, 0.717) is 29.4 Å². The van der Waals surface area contributed by atoms with Crippen molar-refractivity contribution < 1.29 is 9.90 Å². The van der Waals surface area contributed by atoms with Crippen LogP contribution in [-0.2, 0) is 11.2 Å². The molecule has 0 bridgehead atoms. The van der Waals surface area contributed by atoms with Gasteiger partial charge in [-0.2, -0.15) is 0 Å². The number of hydrogen-bond donors (Lipinski definition) is 2. The molecule has 0 unspecified atom stereocenters. The Morgan fingerprint density at radius 1 is 1.30 bits per heavy atom. The van der Waals surface area contributed by atoms with Crippen molar-refractivity contribution in [3.63, 3.8) is 0 Å². The first-order valence-corrected chi connectivity index (χ1v) is 9.09. The molecule has 1 aromatic carbocycles. The first-order valence-electron chi connectivity index (χ1n) is 9.09. The van der Waals surface area contributed by atoms with Crippen LogP contribution in [0, 0.1) is 23.2 Å². The summed E-state index contributed by atoms with van der Waals surface area (Å²) in [5.74, 6) is 2.85. The van der Waals surface area contributed by atoms with Gasteiger partial charge >= 0.3 is 0 Å². The molecule has 0 heterocycles. The highest BCUT2D eigenvalue weighted by atomic mass is 16.3. The highest BCUT2D eigenvalue weighted by molar-refractivity contribution is 5.74. The number of fused-ring (bicyclic) bond motifs is 5. The molecule has 0 radical (unpaired) electrons. The standard InChI is InChI=1S/C20H27NO2/c1-20-9-8-16-15-6-4-14(22)10-12(15)2-5-17(16)18(20)7-3-13(20)11-19(21)23/h4,6,10,13,16-18,22H,2-3,5,7-9,11H2,1H3,(H2,21,23)/t13-,16-,17-,18+,20-/m1/s1. The van der Waals surface area contributed by atoms with Crippen molar-refractivity contribution in [3.05, 3.63) is 29.3 Å². The van der Waals surface area contributed by atoms with Crippen molar-refractivity contribution in [1.29, 1.82) is 0 Å². The highest BCUT2D eigenvalue weighted by Crippen LogP contribution is 2.63. The van der Waals surface area contributed by atoms with E-state index in [-0.39, 0.29) is 5.91 Å². The normalized spacial score (nSPS) is 38.5. The Balaban J connectivity index is 1.63. The van der Waals surface area contributed by atoms with Gasteiger partial charge in [0, 0.05) is 6.42 Å². The van der Waals surface area contributed by atoms with Crippen molar-refractivity contribution in [2.45, 2.75) is 57.8 Å². The third kappa shape index (κ3) is 2.28. The number of aromatic hydroxyl groups is 1. The Hall–Kier alpha value is -1.51. The zero-order chi connectivity index (χ0) is 16.2. The van der Waals surface area contributed by atoms with Gasteiger partial charge in [-0.05, 0) is 90.9 Å². The summed E-state index contributed by atoms with van der Waals surface area (Å²) in [7, 11) is 0. The number of nitrogens with two attached hydrogens (primary N) is 1. The van der Waals surface area contributed by atoms with E-state index in [1.165, 1.54) is 36.8 Å². The maximum Gasteiger partial charge on any atom is 0.217 e. The minimum Gasteiger partial charge on any atom is -0.508 e. The van der Waals surface area contributed by atoms with Crippen LogP contribution in [0.5, 0.6) is 5.75 Å². The van der Waals surface area contributed by atoms with Gasteiger partial charge in [0.15, 0.2) is 0 Å². The van der Waals surface area contributed by atoms with Gasteiger partial charge in [0.2, 0.25) is 5.91 Å². The molecule has 0 aliphatic heterocycles. The Labute approximate surface area is 138 Å². The summed E-state index contributed by atoms with van der Waals surface area (Å²) in [6.45, 7) is 2.42. The maximum atomic E-state index is 11.4. The second-order valence-corrected chi connectivity index (χ2v) is 8.29. The molecule has 3 N–H and O–H groups in total. The number of phenols is 1. The van der Waals surface area contributed by atoms with Crippen molar-refractivity contribution >= 4 is 5.91 Å². The molecule has 3 heteroatoms. The summed E-state index contributed by atoms with van der Waals surface area (Å²) in [4.78, 5) is 11.4. The van der Waals surface area contributed by atoms with Crippen LogP contribution in [0.4, 0.5) is 0 Å². The van der Waals surface area contributed by atoms with Crippen LogP contribution in [-0.4, -0.2) is 11.0 Å². The Morgan fingerprint density at radius 3 is 2.91 bits per heavy atom. The van der Waals surface area contributed by atoms with E-state index in [9.17, 15) is 9.90 Å². The number of benzene rings is 1. The average Bonchev–Trinajstić information content (AvgIpc) is 2.83. The number of phenolic OH excluding ortho intramolecular Hbond substituents is 1. The largest absolute Gasteiger partial charge is 0.508 e. The molecule has 3 aliphatic carbocycles. The van der Waals surface area contributed by atoms with Crippen molar-refractivity contribution in [2.75, 3.05) is 0 Å². The monoisotopic (exact) mass is 313 g/mol. The predicted octanol–water partition coefficient (Wildman–Crippen LogP) is 3.74. The molecule has 1 amide bonds. The Kier molecular flexibility index (Phi) is 3.44. The lowest BCUT2D eigenvalue weighted by molar-refractivity contribution is -0.120. The third-order valence-electron chi connectivity index (χ3n) is 7.35. The molecule has 3 nitrogen and oxygen atoms in total. The maximum absolute atomic E-state index is 11.4.